The number of carbonyl (C=O) groups is 1. The number of rotatable bonds is 6. The molecule has 1 aliphatic rings. The number of nitrogens with zero attached hydrogens (tertiary/aromatic N) is 2. The predicted octanol–water partition coefficient (Wildman–Crippen LogP) is 1.38. The van der Waals surface area contributed by atoms with Gasteiger partial charge in [-0.2, -0.15) is 5.10 Å². The van der Waals surface area contributed by atoms with Gasteiger partial charge in [-0.15, -0.1) is 0 Å². The summed E-state index contributed by atoms with van der Waals surface area (Å²) in [6.07, 6.45) is 8.24. The molecule has 2 rings (SSSR count). The van der Waals surface area contributed by atoms with Crippen molar-refractivity contribution in [3.63, 3.8) is 0 Å². The summed E-state index contributed by atoms with van der Waals surface area (Å²) in [5, 5.41) is 3.92. The lowest BCUT2D eigenvalue weighted by Gasteiger charge is -2.21. The van der Waals surface area contributed by atoms with Gasteiger partial charge in [-0.05, 0) is 18.8 Å². The van der Waals surface area contributed by atoms with Gasteiger partial charge in [0.05, 0.1) is 24.7 Å². The second kappa shape index (κ2) is 6.93. The van der Waals surface area contributed by atoms with Crippen LogP contribution in [0, 0.1) is 5.92 Å². The molecule has 1 fully saturated rings. The lowest BCUT2D eigenvalue weighted by molar-refractivity contribution is -0.141. The Morgan fingerprint density at radius 1 is 1.43 bits per heavy atom. The molecule has 0 amide bonds. The largest absolute Gasteiger partial charge is 0.468 e. The minimum atomic E-state index is -3.37. The third-order valence-corrected chi connectivity index (χ3v) is 5.06. The van der Waals surface area contributed by atoms with E-state index in [4.69, 9.17) is 0 Å². The Hall–Kier alpha value is -1.57. The van der Waals surface area contributed by atoms with Gasteiger partial charge < -0.3 is 4.74 Å². The SMILES string of the molecule is COC(=O)Cn1cc(NS(=O)(=O)CC2CCCCC2)cn1. The number of hydrogen-bond acceptors (Lipinski definition) is 5. The Labute approximate surface area is 124 Å². The summed E-state index contributed by atoms with van der Waals surface area (Å²) in [5.41, 5.74) is 0.370. The maximum Gasteiger partial charge on any atom is 0.327 e. The Bertz CT molecular complexity index is 576. The molecular formula is C13H21N3O4S. The van der Waals surface area contributed by atoms with E-state index in [0.29, 0.717) is 5.69 Å². The van der Waals surface area contributed by atoms with Crippen LogP contribution in [0.2, 0.25) is 0 Å². The van der Waals surface area contributed by atoms with Gasteiger partial charge in [0, 0.05) is 6.20 Å². The molecule has 0 aromatic carbocycles. The standard InChI is InChI=1S/C13H21N3O4S/c1-20-13(17)9-16-8-12(7-14-16)15-21(18,19)10-11-5-3-2-4-6-11/h7-8,11,15H,2-6,9-10H2,1H3. The lowest BCUT2D eigenvalue weighted by atomic mass is 9.91. The van der Waals surface area contributed by atoms with Crippen LogP contribution in [0.5, 0.6) is 0 Å². The number of methoxy groups -OCH3 is 1. The van der Waals surface area contributed by atoms with E-state index in [0.717, 1.165) is 25.7 Å². The second-order valence-corrected chi connectivity index (χ2v) is 7.16. The summed E-state index contributed by atoms with van der Waals surface area (Å²) in [5.74, 6) is -0.0501. The second-order valence-electron chi connectivity index (χ2n) is 5.39. The molecule has 8 heteroatoms. The van der Waals surface area contributed by atoms with E-state index in [2.05, 4.69) is 14.6 Å². The van der Waals surface area contributed by atoms with Crippen LogP contribution in [0.15, 0.2) is 12.4 Å². The minimum absolute atomic E-state index is 0.0408. The van der Waals surface area contributed by atoms with E-state index < -0.39 is 16.0 Å². The van der Waals surface area contributed by atoms with Crippen molar-refractivity contribution in [1.82, 2.24) is 9.78 Å². The first-order valence-electron chi connectivity index (χ1n) is 7.08. The molecule has 21 heavy (non-hydrogen) atoms. The summed E-state index contributed by atoms with van der Waals surface area (Å²) in [6, 6.07) is 0. The van der Waals surface area contributed by atoms with Gasteiger partial charge in [0.25, 0.3) is 0 Å². The maximum absolute atomic E-state index is 12.1. The number of aromatic nitrogens is 2. The van der Waals surface area contributed by atoms with E-state index >= 15 is 0 Å². The average Bonchev–Trinajstić information content (AvgIpc) is 2.85. The normalized spacial score (nSPS) is 16.6. The topological polar surface area (TPSA) is 90.3 Å². The molecule has 0 bridgehead atoms. The number of sulfonamides is 1. The van der Waals surface area contributed by atoms with Crippen LogP contribution < -0.4 is 4.72 Å². The monoisotopic (exact) mass is 315 g/mol. The third kappa shape index (κ3) is 5.04. The van der Waals surface area contributed by atoms with E-state index in [-0.39, 0.29) is 18.2 Å². The number of carbonyl (C=O) groups excluding carboxylic acids is 1. The Morgan fingerprint density at radius 2 is 2.14 bits per heavy atom. The van der Waals surface area contributed by atoms with Crippen LogP contribution in [0.1, 0.15) is 32.1 Å². The maximum atomic E-state index is 12.1. The summed E-state index contributed by atoms with van der Waals surface area (Å²) >= 11 is 0. The van der Waals surface area contributed by atoms with Gasteiger partial charge in [-0.25, -0.2) is 8.42 Å². The highest BCUT2D eigenvalue weighted by Crippen LogP contribution is 2.25. The summed E-state index contributed by atoms with van der Waals surface area (Å²) in [7, 11) is -2.08. The molecule has 7 nitrogen and oxygen atoms in total. The van der Waals surface area contributed by atoms with E-state index in [1.54, 1.807) is 0 Å². The van der Waals surface area contributed by atoms with E-state index in [1.165, 1.54) is 30.6 Å². The molecule has 1 aliphatic carbocycles. The van der Waals surface area contributed by atoms with Crippen molar-refractivity contribution in [2.24, 2.45) is 5.92 Å². The first-order chi connectivity index (χ1) is 9.98. The molecule has 0 atom stereocenters. The zero-order valence-electron chi connectivity index (χ0n) is 12.1. The van der Waals surface area contributed by atoms with Gasteiger partial charge in [0.1, 0.15) is 6.54 Å². The third-order valence-electron chi connectivity index (χ3n) is 3.61. The molecule has 1 N–H and O–H groups in total. The van der Waals surface area contributed by atoms with Gasteiger partial charge in [-0.3, -0.25) is 14.2 Å². The number of anilines is 1. The van der Waals surface area contributed by atoms with Crippen LogP contribution >= 0.6 is 0 Å². The Morgan fingerprint density at radius 3 is 2.81 bits per heavy atom. The van der Waals surface area contributed by atoms with Crippen molar-refractivity contribution in [3.8, 4) is 0 Å². The van der Waals surface area contributed by atoms with Gasteiger partial charge in [-0.1, -0.05) is 19.3 Å². The van der Waals surface area contributed by atoms with Gasteiger partial charge >= 0.3 is 5.97 Å². The fourth-order valence-electron chi connectivity index (χ4n) is 2.58. The smallest absolute Gasteiger partial charge is 0.327 e. The molecule has 0 aliphatic heterocycles. The van der Waals surface area contributed by atoms with Crippen molar-refractivity contribution in [2.75, 3.05) is 17.6 Å². The lowest BCUT2D eigenvalue weighted by Crippen LogP contribution is -2.24. The fraction of sp³-hybridized carbons (Fsp3) is 0.692. The minimum Gasteiger partial charge on any atom is -0.468 e. The molecule has 1 heterocycles. The summed E-state index contributed by atoms with van der Waals surface area (Å²) < 4.78 is 32.6. The number of ether oxygens (including phenoxy) is 1. The van der Waals surface area contributed by atoms with Crippen LogP contribution in [0.4, 0.5) is 5.69 Å². The van der Waals surface area contributed by atoms with Crippen LogP contribution in [-0.2, 0) is 26.1 Å². The fourth-order valence-corrected chi connectivity index (χ4v) is 4.09. The molecule has 1 aromatic rings. The van der Waals surface area contributed by atoms with Crippen molar-refractivity contribution in [1.29, 1.82) is 0 Å². The number of hydrogen-bond donors (Lipinski definition) is 1. The quantitative estimate of drug-likeness (QED) is 0.801. The Kier molecular flexibility index (Phi) is 5.22. The highest BCUT2D eigenvalue weighted by atomic mass is 32.2. The van der Waals surface area contributed by atoms with Crippen molar-refractivity contribution in [2.45, 2.75) is 38.6 Å². The van der Waals surface area contributed by atoms with Crippen molar-refractivity contribution in [3.05, 3.63) is 12.4 Å². The van der Waals surface area contributed by atoms with Crippen LogP contribution in [-0.4, -0.2) is 37.0 Å². The summed E-state index contributed by atoms with van der Waals surface area (Å²) in [6.45, 7) is -0.0408. The molecule has 0 saturated heterocycles. The zero-order valence-corrected chi connectivity index (χ0v) is 12.9. The first kappa shape index (κ1) is 15.8. The molecule has 0 radical (unpaired) electrons. The van der Waals surface area contributed by atoms with Crippen LogP contribution in [0.3, 0.4) is 0 Å². The van der Waals surface area contributed by atoms with Crippen LogP contribution in [0.25, 0.3) is 0 Å². The van der Waals surface area contributed by atoms with Crippen molar-refractivity contribution < 1.29 is 17.9 Å². The van der Waals surface area contributed by atoms with Crippen molar-refractivity contribution >= 4 is 21.7 Å². The molecule has 1 saturated carbocycles. The highest BCUT2D eigenvalue weighted by molar-refractivity contribution is 7.92. The molecule has 0 unspecified atom stereocenters. The molecular weight excluding hydrogens is 294 g/mol. The van der Waals surface area contributed by atoms with Gasteiger partial charge in [0.15, 0.2) is 0 Å². The highest BCUT2D eigenvalue weighted by Gasteiger charge is 2.21. The number of esters is 1. The summed E-state index contributed by atoms with van der Waals surface area (Å²) in [4.78, 5) is 11.1. The predicted molar refractivity (Wildman–Crippen MR) is 78.2 cm³/mol. The van der Waals surface area contributed by atoms with E-state index in [9.17, 15) is 13.2 Å². The average molecular weight is 315 g/mol. The van der Waals surface area contributed by atoms with E-state index in [1.807, 2.05) is 0 Å². The van der Waals surface area contributed by atoms with Gasteiger partial charge in [0.2, 0.25) is 10.0 Å². The first-order valence-corrected chi connectivity index (χ1v) is 8.73. The Balaban J connectivity index is 1.91. The number of nitrogens with one attached hydrogen (secondary N) is 1. The molecule has 0 spiro atoms. The molecule has 118 valence electrons. The molecule has 1 aromatic heterocycles. The zero-order chi connectivity index (χ0) is 15.3.